The molecule has 0 aromatic heterocycles. The summed E-state index contributed by atoms with van der Waals surface area (Å²) in [5.41, 5.74) is 0. The summed E-state index contributed by atoms with van der Waals surface area (Å²) in [6, 6.07) is 7.83. The van der Waals surface area contributed by atoms with E-state index in [0.29, 0.717) is 13.2 Å². The predicted molar refractivity (Wildman–Crippen MR) is 104 cm³/mol. The second-order valence-electron chi connectivity index (χ2n) is 6.28. The third-order valence-electron chi connectivity index (χ3n) is 4.22. The van der Waals surface area contributed by atoms with Crippen molar-refractivity contribution in [3.05, 3.63) is 24.3 Å². The van der Waals surface area contributed by atoms with Crippen molar-refractivity contribution in [2.75, 3.05) is 66.2 Å². The fraction of sp³-hybridized carbons (Fsp3) is 0.684. The average molecular weight is 373 g/mol. The van der Waals surface area contributed by atoms with Gasteiger partial charge in [0.25, 0.3) is 0 Å². The van der Waals surface area contributed by atoms with Gasteiger partial charge in [-0.2, -0.15) is 0 Å². The summed E-state index contributed by atoms with van der Waals surface area (Å²) in [7, 11) is 2.18. The van der Waals surface area contributed by atoms with Crippen molar-refractivity contribution in [1.29, 1.82) is 0 Å². The molecule has 0 atom stereocenters. The van der Waals surface area contributed by atoms with Crippen LogP contribution in [0.3, 0.4) is 0 Å². The van der Waals surface area contributed by atoms with Gasteiger partial charge in [-0.3, -0.25) is 4.90 Å². The van der Waals surface area contributed by atoms with Crippen LogP contribution < -0.4 is 9.47 Å². The minimum atomic E-state index is 0. The summed E-state index contributed by atoms with van der Waals surface area (Å²) in [4.78, 5) is 4.82. The number of piperazine rings is 1. The SMILES string of the molecule is CCCCOc1cccc(OCCOCCN2CCN(C)CC2)c1.Cl. The van der Waals surface area contributed by atoms with E-state index in [0.717, 1.165) is 70.3 Å². The molecule has 1 aromatic carbocycles. The summed E-state index contributed by atoms with van der Waals surface area (Å²) in [6.45, 7) is 10.5. The lowest BCUT2D eigenvalue weighted by atomic mass is 10.3. The van der Waals surface area contributed by atoms with Crippen molar-refractivity contribution < 1.29 is 14.2 Å². The van der Waals surface area contributed by atoms with Crippen LogP contribution in [0, 0.1) is 0 Å². The first-order chi connectivity index (χ1) is 11.8. The van der Waals surface area contributed by atoms with Crippen molar-refractivity contribution in [2.24, 2.45) is 0 Å². The van der Waals surface area contributed by atoms with E-state index in [1.54, 1.807) is 0 Å². The summed E-state index contributed by atoms with van der Waals surface area (Å²) in [5, 5.41) is 0. The minimum Gasteiger partial charge on any atom is -0.493 e. The molecule has 1 fully saturated rings. The van der Waals surface area contributed by atoms with Crippen molar-refractivity contribution in [1.82, 2.24) is 9.80 Å². The lowest BCUT2D eigenvalue weighted by Gasteiger charge is -2.32. The van der Waals surface area contributed by atoms with E-state index in [1.807, 2.05) is 24.3 Å². The number of likely N-dealkylation sites (N-methyl/N-ethyl adjacent to an activating group) is 1. The van der Waals surface area contributed by atoms with E-state index < -0.39 is 0 Å². The first-order valence-corrected chi connectivity index (χ1v) is 9.12. The van der Waals surface area contributed by atoms with E-state index in [1.165, 1.54) is 0 Å². The Morgan fingerprint density at radius 3 is 2.28 bits per heavy atom. The highest BCUT2D eigenvalue weighted by molar-refractivity contribution is 5.85. The number of hydrogen-bond donors (Lipinski definition) is 0. The number of unbranched alkanes of at least 4 members (excludes halogenated alkanes) is 1. The number of nitrogens with zero attached hydrogens (tertiary/aromatic N) is 2. The summed E-state index contributed by atoms with van der Waals surface area (Å²) in [6.07, 6.45) is 2.22. The van der Waals surface area contributed by atoms with Crippen LogP contribution in [0.25, 0.3) is 0 Å². The summed E-state index contributed by atoms with van der Waals surface area (Å²) < 4.78 is 17.1. The van der Waals surface area contributed by atoms with Crippen LogP contribution in [0.15, 0.2) is 24.3 Å². The van der Waals surface area contributed by atoms with Gasteiger partial charge in [0.05, 0.1) is 19.8 Å². The predicted octanol–water partition coefficient (Wildman–Crippen LogP) is 2.93. The van der Waals surface area contributed by atoms with Crippen LogP contribution in [0.4, 0.5) is 0 Å². The zero-order valence-electron chi connectivity index (χ0n) is 15.6. The first-order valence-electron chi connectivity index (χ1n) is 9.12. The fourth-order valence-corrected chi connectivity index (χ4v) is 2.57. The average Bonchev–Trinajstić information content (AvgIpc) is 2.60. The topological polar surface area (TPSA) is 34.2 Å². The van der Waals surface area contributed by atoms with Gasteiger partial charge < -0.3 is 19.1 Å². The Morgan fingerprint density at radius 1 is 0.920 bits per heavy atom. The highest BCUT2D eigenvalue weighted by Crippen LogP contribution is 2.19. The molecule has 25 heavy (non-hydrogen) atoms. The van der Waals surface area contributed by atoms with E-state index in [9.17, 15) is 0 Å². The van der Waals surface area contributed by atoms with Gasteiger partial charge in [-0.1, -0.05) is 19.4 Å². The van der Waals surface area contributed by atoms with E-state index in [4.69, 9.17) is 14.2 Å². The molecule has 1 aliphatic heterocycles. The van der Waals surface area contributed by atoms with Gasteiger partial charge in [0.2, 0.25) is 0 Å². The molecule has 1 saturated heterocycles. The van der Waals surface area contributed by atoms with E-state index in [2.05, 4.69) is 23.8 Å². The summed E-state index contributed by atoms with van der Waals surface area (Å²) in [5.74, 6) is 1.71. The summed E-state index contributed by atoms with van der Waals surface area (Å²) >= 11 is 0. The lowest BCUT2D eigenvalue weighted by Crippen LogP contribution is -2.45. The number of rotatable bonds is 11. The molecule has 0 bridgehead atoms. The van der Waals surface area contributed by atoms with Crippen LogP contribution in [0.2, 0.25) is 0 Å². The lowest BCUT2D eigenvalue weighted by molar-refractivity contribution is 0.0657. The Kier molecular flexibility index (Phi) is 11.7. The van der Waals surface area contributed by atoms with Gasteiger partial charge in [-0.15, -0.1) is 12.4 Å². The Balaban J connectivity index is 0.00000312. The Labute approximate surface area is 158 Å². The zero-order chi connectivity index (χ0) is 17.0. The third-order valence-corrected chi connectivity index (χ3v) is 4.22. The van der Waals surface area contributed by atoms with Crippen LogP contribution in [0.1, 0.15) is 19.8 Å². The molecule has 0 aliphatic carbocycles. The second-order valence-corrected chi connectivity index (χ2v) is 6.28. The molecule has 2 rings (SSSR count). The normalized spacial score (nSPS) is 15.6. The maximum Gasteiger partial charge on any atom is 0.123 e. The number of ether oxygens (including phenoxy) is 3. The maximum absolute atomic E-state index is 5.73. The molecule has 144 valence electrons. The van der Waals surface area contributed by atoms with Gasteiger partial charge >= 0.3 is 0 Å². The van der Waals surface area contributed by atoms with Gasteiger partial charge in [-0.25, -0.2) is 0 Å². The van der Waals surface area contributed by atoms with Gasteiger partial charge in [-0.05, 0) is 25.6 Å². The highest BCUT2D eigenvalue weighted by atomic mass is 35.5. The standard InChI is InChI=1S/C19H32N2O3.ClH/c1-3-4-13-23-18-6-5-7-19(17-18)24-16-15-22-14-12-21-10-8-20(2)9-11-21;/h5-7,17H,3-4,8-16H2,1-2H3;1H. The second kappa shape index (κ2) is 13.2. The molecule has 0 radical (unpaired) electrons. The monoisotopic (exact) mass is 372 g/mol. The Morgan fingerprint density at radius 2 is 1.60 bits per heavy atom. The number of benzene rings is 1. The first kappa shape index (κ1) is 22.0. The molecule has 0 saturated carbocycles. The highest BCUT2D eigenvalue weighted by Gasteiger charge is 2.12. The molecule has 1 heterocycles. The van der Waals surface area contributed by atoms with Crippen molar-refractivity contribution in [2.45, 2.75) is 19.8 Å². The van der Waals surface area contributed by atoms with Gasteiger partial charge in [0.15, 0.2) is 0 Å². The smallest absolute Gasteiger partial charge is 0.123 e. The molecule has 0 unspecified atom stereocenters. The molecule has 0 spiro atoms. The van der Waals surface area contributed by atoms with Crippen molar-refractivity contribution >= 4 is 12.4 Å². The molecule has 0 N–H and O–H groups in total. The van der Waals surface area contributed by atoms with Gasteiger partial charge in [0, 0.05) is 38.8 Å². The number of hydrogen-bond acceptors (Lipinski definition) is 5. The quantitative estimate of drug-likeness (QED) is 0.558. The van der Waals surface area contributed by atoms with Crippen LogP contribution in [-0.4, -0.2) is 76.0 Å². The van der Waals surface area contributed by atoms with E-state index >= 15 is 0 Å². The maximum atomic E-state index is 5.73. The molecule has 1 aliphatic rings. The minimum absolute atomic E-state index is 0. The molecular weight excluding hydrogens is 340 g/mol. The molecule has 5 nitrogen and oxygen atoms in total. The molecule has 6 heteroatoms. The molecule has 1 aromatic rings. The molecular formula is C19H33ClN2O3. The third kappa shape index (κ3) is 9.31. The van der Waals surface area contributed by atoms with Crippen molar-refractivity contribution in [3.63, 3.8) is 0 Å². The van der Waals surface area contributed by atoms with Gasteiger partial charge in [0.1, 0.15) is 18.1 Å². The fourth-order valence-electron chi connectivity index (χ4n) is 2.57. The van der Waals surface area contributed by atoms with Crippen LogP contribution >= 0.6 is 12.4 Å². The van der Waals surface area contributed by atoms with Crippen LogP contribution in [0.5, 0.6) is 11.5 Å². The van der Waals surface area contributed by atoms with Crippen molar-refractivity contribution in [3.8, 4) is 11.5 Å². The van der Waals surface area contributed by atoms with Crippen LogP contribution in [-0.2, 0) is 4.74 Å². The van der Waals surface area contributed by atoms with E-state index in [-0.39, 0.29) is 12.4 Å². The Hall–Kier alpha value is -1.01. The molecule has 0 amide bonds. The largest absolute Gasteiger partial charge is 0.493 e. The number of halogens is 1. The Bertz CT molecular complexity index is 454. The zero-order valence-corrected chi connectivity index (χ0v) is 16.4.